The zero-order valence-electron chi connectivity index (χ0n) is 20.2. The summed E-state index contributed by atoms with van der Waals surface area (Å²) in [5.41, 5.74) is 2.70. The highest BCUT2D eigenvalue weighted by atomic mass is 19.4. The number of alkyl halides is 3. The summed E-state index contributed by atoms with van der Waals surface area (Å²) < 4.78 is 49.7. The Balaban J connectivity index is 1.35. The Morgan fingerprint density at radius 1 is 1.14 bits per heavy atom. The number of amides is 1. The van der Waals surface area contributed by atoms with Gasteiger partial charge in [0.1, 0.15) is 11.6 Å². The molecule has 1 amide bonds. The molecule has 0 spiro atoms. The number of fused-ring (bicyclic) bond motifs is 1. The number of hydrogen-bond donors (Lipinski definition) is 2. The molecule has 11 heteroatoms. The van der Waals surface area contributed by atoms with E-state index < -0.39 is 24.2 Å². The number of halogens is 3. The monoisotopic (exact) mass is 510 g/mol. The first-order valence-corrected chi connectivity index (χ1v) is 11.7. The molecular formula is C26H25F3N6O2. The first kappa shape index (κ1) is 24.4. The molecule has 1 aliphatic rings. The average Bonchev–Trinajstić information content (AvgIpc) is 3.51. The van der Waals surface area contributed by atoms with Crippen LogP contribution >= 0.6 is 0 Å². The zero-order valence-corrected chi connectivity index (χ0v) is 20.2. The van der Waals surface area contributed by atoms with Crippen LogP contribution in [0.15, 0.2) is 66.9 Å². The van der Waals surface area contributed by atoms with Crippen molar-refractivity contribution in [3.8, 4) is 5.75 Å². The van der Waals surface area contributed by atoms with Gasteiger partial charge in [-0.2, -0.15) is 23.4 Å². The van der Waals surface area contributed by atoms with Crippen LogP contribution in [-0.4, -0.2) is 38.8 Å². The van der Waals surface area contributed by atoms with Crippen LogP contribution in [0.2, 0.25) is 0 Å². The van der Waals surface area contributed by atoms with Gasteiger partial charge in [0.25, 0.3) is 5.91 Å². The molecule has 5 rings (SSSR count). The largest absolute Gasteiger partial charge is 0.497 e. The number of carbonyl (C=O) groups excluding carboxylic acids is 1. The Hall–Kier alpha value is -4.28. The first-order chi connectivity index (χ1) is 17.7. The van der Waals surface area contributed by atoms with Crippen LogP contribution in [0.25, 0.3) is 0 Å². The minimum atomic E-state index is -4.55. The molecule has 0 aliphatic carbocycles. The zero-order chi connectivity index (χ0) is 26.2. The fourth-order valence-corrected chi connectivity index (χ4v) is 4.42. The van der Waals surface area contributed by atoms with Crippen LogP contribution in [0.5, 0.6) is 5.75 Å². The van der Waals surface area contributed by atoms with Gasteiger partial charge < -0.3 is 15.4 Å². The Kier molecular flexibility index (Phi) is 6.36. The fraction of sp³-hybridized carbons (Fsp3) is 0.269. The van der Waals surface area contributed by atoms with Gasteiger partial charge in [-0.15, -0.1) is 0 Å². The molecule has 37 heavy (non-hydrogen) atoms. The molecule has 2 unspecified atom stereocenters. The highest BCUT2D eigenvalue weighted by Crippen LogP contribution is 2.44. The number of rotatable bonds is 6. The Labute approximate surface area is 211 Å². The molecule has 0 radical (unpaired) electrons. The number of methoxy groups -OCH3 is 1. The summed E-state index contributed by atoms with van der Waals surface area (Å²) >= 11 is 0. The van der Waals surface area contributed by atoms with Crippen molar-refractivity contribution in [3.63, 3.8) is 0 Å². The summed E-state index contributed by atoms with van der Waals surface area (Å²) in [4.78, 5) is 12.9. The van der Waals surface area contributed by atoms with E-state index in [0.29, 0.717) is 17.9 Å². The smallest absolute Gasteiger partial charge is 0.410 e. The van der Waals surface area contributed by atoms with Gasteiger partial charge in [-0.1, -0.05) is 36.4 Å². The molecular weight excluding hydrogens is 485 g/mol. The van der Waals surface area contributed by atoms with Crippen molar-refractivity contribution in [2.45, 2.75) is 38.1 Å². The summed E-state index contributed by atoms with van der Waals surface area (Å²) in [7, 11) is 1.50. The molecule has 2 aromatic heterocycles. The van der Waals surface area contributed by atoms with Crippen molar-refractivity contribution in [1.29, 1.82) is 0 Å². The third-order valence-electron chi connectivity index (χ3n) is 6.39. The lowest BCUT2D eigenvalue weighted by molar-refractivity contribution is -0.173. The molecule has 1 aliphatic heterocycles. The molecule has 0 bridgehead atoms. The molecule has 2 atom stereocenters. The lowest BCUT2D eigenvalue weighted by Crippen LogP contribution is -2.35. The number of anilines is 2. The standard InChI is InChI=1S/C26H25F3N6O2/c1-16-6-3-4-7-18(16)15-34-11-10-23(33-34)31-25(36)21-14-24-30-20(17-8-5-9-19(12-17)37-2)13-22(26(27,28)29)35(24)32-21/h3-12,14,20,22,30H,13,15H2,1-2H3,(H,31,33,36). The van der Waals surface area contributed by atoms with Crippen molar-refractivity contribution in [2.24, 2.45) is 0 Å². The van der Waals surface area contributed by atoms with Gasteiger partial charge in [0.05, 0.1) is 19.7 Å². The fourth-order valence-electron chi connectivity index (χ4n) is 4.42. The molecule has 0 saturated heterocycles. The second kappa shape index (κ2) is 9.64. The Bertz CT molecular complexity index is 1430. The number of aromatic nitrogens is 4. The maximum absolute atomic E-state index is 14.0. The van der Waals surface area contributed by atoms with Crippen LogP contribution in [0, 0.1) is 6.92 Å². The van der Waals surface area contributed by atoms with Crippen molar-refractivity contribution < 1.29 is 22.7 Å². The second-order valence-corrected chi connectivity index (χ2v) is 8.91. The van der Waals surface area contributed by atoms with Crippen molar-refractivity contribution in [2.75, 3.05) is 17.7 Å². The molecule has 192 valence electrons. The van der Waals surface area contributed by atoms with Gasteiger partial charge in [0.15, 0.2) is 17.6 Å². The number of carbonyl (C=O) groups is 1. The Morgan fingerprint density at radius 2 is 1.95 bits per heavy atom. The van der Waals surface area contributed by atoms with E-state index in [9.17, 15) is 18.0 Å². The number of nitrogens with one attached hydrogen (secondary N) is 2. The molecule has 2 N–H and O–H groups in total. The second-order valence-electron chi connectivity index (χ2n) is 8.91. The van der Waals surface area contributed by atoms with Crippen LogP contribution in [0.3, 0.4) is 0 Å². The van der Waals surface area contributed by atoms with E-state index in [1.807, 2.05) is 31.2 Å². The van der Waals surface area contributed by atoms with Gasteiger partial charge in [-0.05, 0) is 35.7 Å². The summed E-state index contributed by atoms with van der Waals surface area (Å²) in [6.45, 7) is 2.52. The summed E-state index contributed by atoms with van der Waals surface area (Å²) in [5, 5.41) is 14.1. The summed E-state index contributed by atoms with van der Waals surface area (Å²) in [6.07, 6.45) is -3.11. The molecule has 8 nitrogen and oxygen atoms in total. The third kappa shape index (κ3) is 5.16. The van der Waals surface area contributed by atoms with E-state index in [1.165, 1.54) is 13.2 Å². The number of aryl methyl sites for hydroxylation is 1. The van der Waals surface area contributed by atoms with E-state index in [1.54, 1.807) is 41.2 Å². The van der Waals surface area contributed by atoms with Gasteiger partial charge in [0, 0.05) is 24.8 Å². The van der Waals surface area contributed by atoms with Crippen LogP contribution in [-0.2, 0) is 6.54 Å². The predicted octanol–water partition coefficient (Wildman–Crippen LogP) is 5.36. The Morgan fingerprint density at radius 3 is 2.70 bits per heavy atom. The first-order valence-electron chi connectivity index (χ1n) is 11.7. The lowest BCUT2D eigenvalue weighted by Gasteiger charge is -2.33. The molecule has 0 saturated carbocycles. The van der Waals surface area contributed by atoms with Gasteiger partial charge in [-0.25, -0.2) is 4.68 Å². The quantitative estimate of drug-likeness (QED) is 0.365. The van der Waals surface area contributed by atoms with Crippen molar-refractivity contribution >= 4 is 17.5 Å². The predicted molar refractivity (Wildman–Crippen MR) is 132 cm³/mol. The van der Waals surface area contributed by atoms with E-state index in [4.69, 9.17) is 4.74 Å². The van der Waals surface area contributed by atoms with Gasteiger partial charge in [0.2, 0.25) is 0 Å². The van der Waals surface area contributed by atoms with E-state index in [-0.39, 0.29) is 23.8 Å². The van der Waals surface area contributed by atoms with Crippen molar-refractivity contribution in [3.05, 3.63) is 89.2 Å². The average molecular weight is 511 g/mol. The summed E-state index contributed by atoms with van der Waals surface area (Å²) in [5.74, 6) is 0.281. The van der Waals surface area contributed by atoms with Crippen LogP contribution < -0.4 is 15.4 Å². The minimum Gasteiger partial charge on any atom is -0.497 e. The van der Waals surface area contributed by atoms with E-state index >= 15 is 0 Å². The van der Waals surface area contributed by atoms with E-state index in [2.05, 4.69) is 20.8 Å². The maximum Gasteiger partial charge on any atom is 0.410 e. The molecule has 3 heterocycles. The number of hydrogen-bond acceptors (Lipinski definition) is 5. The van der Waals surface area contributed by atoms with Gasteiger partial charge in [-0.3, -0.25) is 9.48 Å². The molecule has 4 aromatic rings. The van der Waals surface area contributed by atoms with Gasteiger partial charge >= 0.3 is 6.18 Å². The number of ether oxygens (including phenoxy) is 1. The molecule has 0 fully saturated rings. The van der Waals surface area contributed by atoms with Crippen molar-refractivity contribution in [1.82, 2.24) is 19.6 Å². The topological polar surface area (TPSA) is 86.0 Å². The van der Waals surface area contributed by atoms with E-state index in [0.717, 1.165) is 15.8 Å². The highest BCUT2D eigenvalue weighted by Gasteiger charge is 2.46. The maximum atomic E-state index is 14.0. The summed E-state index contributed by atoms with van der Waals surface area (Å²) in [6, 6.07) is 15.2. The van der Waals surface area contributed by atoms with Crippen LogP contribution in [0.1, 0.15) is 45.7 Å². The normalized spacial score (nSPS) is 17.1. The van der Waals surface area contributed by atoms with Crippen LogP contribution in [0.4, 0.5) is 24.8 Å². The lowest BCUT2D eigenvalue weighted by atomic mass is 9.97. The number of nitrogens with zero attached hydrogens (tertiary/aromatic N) is 4. The molecule has 2 aromatic carbocycles. The SMILES string of the molecule is COc1cccc(C2CC(C(F)(F)F)n3nc(C(=O)Nc4ccn(Cc5ccccc5C)n4)cc3N2)c1. The third-order valence-corrected chi connectivity index (χ3v) is 6.39. The minimum absolute atomic E-state index is 0.108. The number of benzene rings is 2. The highest BCUT2D eigenvalue weighted by molar-refractivity contribution is 6.02.